The predicted octanol–water partition coefficient (Wildman–Crippen LogP) is 1.73. The maximum Gasteiger partial charge on any atom is 0.438 e. The average Bonchev–Trinajstić information content (AvgIpc) is 2.35. The molecular formula is C11H7F3N2O3. The van der Waals surface area contributed by atoms with E-state index in [2.05, 4.69) is 9.72 Å². The van der Waals surface area contributed by atoms with Crippen molar-refractivity contribution in [3.05, 3.63) is 39.8 Å². The quantitative estimate of drug-likeness (QED) is 0.802. The van der Waals surface area contributed by atoms with Gasteiger partial charge in [-0.2, -0.15) is 13.2 Å². The number of carbonyl (C=O) groups excluding carboxylic acids is 1. The Morgan fingerprint density at radius 2 is 2.05 bits per heavy atom. The molecule has 1 aromatic heterocycles. The van der Waals surface area contributed by atoms with E-state index in [-0.39, 0.29) is 16.6 Å². The van der Waals surface area contributed by atoms with Crippen molar-refractivity contribution in [1.82, 2.24) is 9.97 Å². The van der Waals surface area contributed by atoms with Gasteiger partial charge in [-0.05, 0) is 12.1 Å². The molecule has 0 unspecified atom stereocenters. The molecule has 0 saturated heterocycles. The fraction of sp³-hybridized carbons (Fsp3) is 0.182. The Balaban J connectivity index is 2.78. The fourth-order valence-electron chi connectivity index (χ4n) is 1.58. The minimum atomic E-state index is -4.86. The first-order chi connectivity index (χ1) is 8.84. The molecule has 0 aliphatic heterocycles. The first-order valence-corrected chi connectivity index (χ1v) is 5.03. The maximum absolute atomic E-state index is 12.5. The zero-order valence-corrected chi connectivity index (χ0v) is 9.54. The summed E-state index contributed by atoms with van der Waals surface area (Å²) in [7, 11) is 1.12. The molecule has 8 heteroatoms. The van der Waals surface area contributed by atoms with Crippen LogP contribution in [0.25, 0.3) is 11.0 Å². The molecule has 5 nitrogen and oxygen atoms in total. The van der Waals surface area contributed by atoms with Crippen molar-refractivity contribution < 1.29 is 22.7 Å². The van der Waals surface area contributed by atoms with Gasteiger partial charge in [-0.25, -0.2) is 9.78 Å². The fourth-order valence-corrected chi connectivity index (χ4v) is 1.58. The Hall–Kier alpha value is -2.38. The van der Waals surface area contributed by atoms with Crippen LogP contribution < -0.4 is 5.56 Å². The van der Waals surface area contributed by atoms with Gasteiger partial charge in [0, 0.05) is 0 Å². The van der Waals surface area contributed by atoms with Gasteiger partial charge in [-0.3, -0.25) is 4.79 Å². The SMILES string of the molecule is COC(=O)c1cccc2nc(C(F)(F)F)c(=O)[nH]c12. The lowest BCUT2D eigenvalue weighted by Crippen LogP contribution is -2.24. The Morgan fingerprint density at radius 1 is 1.37 bits per heavy atom. The highest BCUT2D eigenvalue weighted by molar-refractivity contribution is 6.01. The average molecular weight is 272 g/mol. The third-order valence-corrected chi connectivity index (χ3v) is 2.40. The molecule has 19 heavy (non-hydrogen) atoms. The summed E-state index contributed by atoms with van der Waals surface area (Å²) in [6, 6.07) is 3.92. The molecule has 0 fully saturated rings. The molecule has 1 heterocycles. The van der Waals surface area contributed by atoms with Crippen LogP contribution in [-0.2, 0) is 10.9 Å². The number of H-pyrrole nitrogens is 1. The molecule has 0 aliphatic carbocycles. The summed E-state index contributed by atoms with van der Waals surface area (Å²) >= 11 is 0. The Bertz CT molecular complexity index is 706. The van der Waals surface area contributed by atoms with Gasteiger partial charge in [-0.1, -0.05) is 6.07 Å². The molecule has 0 aliphatic rings. The lowest BCUT2D eigenvalue weighted by molar-refractivity contribution is -0.142. The number of carbonyl (C=O) groups is 1. The van der Waals surface area contributed by atoms with Gasteiger partial charge in [0.15, 0.2) is 0 Å². The van der Waals surface area contributed by atoms with Crippen LogP contribution in [0.15, 0.2) is 23.0 Å². The maximum atomic E-state index is 12.5. The molecule has 2 rings (SSSR count). The van der Waals surface area contributed by atoms with E-state index in [1.165, 1.54) is 18.2 Å². The Kier molecular flexibility index (Phi) is 3.01. The predicted molar refractivity (Wildman–Crippen MR) is 58.7 cm³/mol. The highest BCUT2D eigenvalue weighted by Crippen LogP contribution is 2.26. The standard InChI is InChI=1S/C11H7F3N2O3/c1-19-10(18)5-3-2-4-6-7(5)16-9(17)8(15-6)11(12,13)14/h2-4H,1H3,(H,16,17). The number of halogens is 3. The summed E-state index contributed by atoms with van der Waals surface area (Å²) in [6.45, 7) is 0. The van der Waals surface area contributed by atoms with Crippen molar-refractivity contribution in [2.45, 2.75) is 6.18 Å². The van der Waals surface area contributed by atoms with Crippen LogP contribution in [0.1, 0.15) is 16.1 Å². The number of fused-ring (bicyclic) bond motifs is 1. The highest BCUT2D eigenvalue weighted by Gasteiger charge is 2.36. The molecule has 0 saturated carbocycles. The van der Waals surface area contributed by atoms with Crippen LogP contribution in [0.5, 0.6) is 0 Å². The first kappa shape index (κ1) is 13.1. The molecular weight excluding hydrogens is 265 g/mol. The van der Waals surface area contributed by atoms with E-state index in [4.69, 9.17) is 0 Å². The number of benzene rings is 1. The van der Waals surface area contributed by atoms with Gasteiger partial charge in [0.25, 0.3) is 5.56 Å². The number of esters is 1. The topological polar surface area (TPSA) is 72.0 Å². The van der Waals surface area contributed by atoms with Crippen molar-refractivity contribution in [2.75, 3.05) is 7.11 Å². The van der Waals surface area contributed by atoms with E-state index in [1.54, 1.807) is 0 Å². The van der Waals surface area contributed by atoms with Gasteiger partial charge < -0.3 is 9.72 Å². The van der Waals surface area contributed by atoms with E-state index >= 15 is 0 Å². The van der Waals surface area contributed by atoms with Crippen LogP contribution in [0.2, 0.25) is 0 Å². The molecule has 0 bridgehead atoms. The second-order valence-corrected chi connectivity index (χ2v) is 3.60. The first-order valence-electron chi connectivity index (χ1n) is 5.03. The lowest BCUT2D eigenvalue weighted by atomic mass is 10.1. The van der Waals surface area contributed by atoms with E-state index in [0.29, 0.717) is 0 Å². The number of hydrogen-bond acceptors (Lipinski definition) is 4. The molecule has 1 N–H and O–H groups in total. The molecule has 2 aromatic rings. The summed E-state index contributed by atoms with van der Waals surface area (Å²) in [6.07, 6.45) is -4.86. The summed E-state index contributed by atoms with van der Waals surface area (Å²) < 4.78 is 42.1. The number of nitrogens with one attached hydrogen (secondary N) is 1. The summed E-state index contributed by atoms with van der Waals surface area (Å²) in [5, 5.41) is 0. The zero-order chi connectivity index (χ0) is 14.2. The minimum absolute atomic E-state index is 0.0571. The molecule has 100 valence electrons. The van der Waals surface area contributed by atoms with Crippen LogP contribution in [-0.4, -0.2) is 23.0 Å². The summed E-state index contributed by atoms with van der Waals surface area (Å²) in [4.78, 5) is 28.0. The van der Waals surface area contributed by atoms with Gasteiger partial charge in [-0.15, -0.1) is 0 Å². The second kappa shape index (κ2) is 4.38. The smallest absolute Gasteiger partial charge is 0.438 e. The van der Waals surface area contributed by atoms with Crippen LogP contribution in [0.3, 0.4) is 0 Å². The van der Waals surface area contributed by atoms with Crippen LogP contribution in [0, 0.1) is 0 Å². The number of aromatic amines is 1. The highest BCUT2D eigenvalue weighted by atomic mass is 19.4. The Morgan fingerprint density at radius 3 is 2.63 bits per heavy atom. The molecule has 0 spiro atoms. The van der Waals surface area contributed by atoms with Crippen molar-refractivity contribution in [1.29, 1.82) is 0 Å². The second-order valence-electron chi connectivity index (χ2n) is 3.60. The number of ether oxygens (including phenoxy) is 1. The van der Waals surface area contributed by atoms with Crippen molar-refractivity contribution in [3.63, 3.8) is 0 Å². The summed E-state index contributed by atoms with van der Waals surface area (Å²) in [5.74, 6) is -0.775. The monoisotopic (exact) mass is 272 g/mol. The molecule has 1 aromatic carbocycles. The van der Waals surface area contributed by atoms with Crippen LogP contribution in [0.4, 0.5) is 13.2 Å². The van der Waals surface area contributed by atoms with Crippen LogP contribution >= 0.6 is 0 Å². The summed E-state index contributed by atoms with van der Waals surface area (Å²) in [5.41, 5.74) is -3.25. The molecule has 0 amide bonds. The largest absolute Gasteiger partial charge is 0.465 e. The normalized spacial score (nSPS) is 11.6. The number of methoxy groups -OCH3 is 1. The van der Waals surface area contributed by atoms with Crippen molar-refractivity contribution >= 4 is 17.0 Å². The molecule has 0 radical (unpaired) electrons. The lowest BCUT2D eigenvalue weighted by Gasteiger charge is -2.07. The number of aromatic nitrogens is 2. The van der Waals surface area contributed by atoms with E-state index in [1.807, 2.05) is 4.98 Å². The van der Waals surface area contributed by atoms with E-state index in [0.717, 1.165) is 7.11 Å². The number of alkyl halides is 3. The van der Waals surface area contributed by atoms with Crippen molar-refractivity contribution in [2.24, 2.45) is 0 Å². The van der Waals surface area contributed by atoms with Crippen molar-refractivity contribution in [3.8, 4) is 0 Å². The number of para-hydroxylation sites is 1. The Labute approximate surface area is 104 Å². The van der Waals surface area contributed by atoms with E-state index in [9.17, 15) is 22.8 Å². The number of nitrogens with zero attached hydrogens (tertiary/aromatic N) is 1. The zero-order valence-electron chi connectivity index (χ0n) is 9.54. The van der Waals surface area contributed by atoms with Gasteiger partial charge in [0.1, 0.15) is 0 Å². The van der Waals surface area contributed by atoms with Gasteiger partial charge in [0.2, 0.25) is 5.69 Å². The third-order valence-electron chi connectivity index (χ3n) is 2.40. The third kappa shape index (κ3) is 2.28. The number of rotatable bonds is 1. The van der Waals surface area contributed by atoms with Gasteiger partial charge in [0.05, 0.1) is 23.7 Å². The molecule has 0 atom stereocenters. The van der Waals surface area contributed by atoms with E-state index < -0.39 is 23.4 Å². The number of hydrogen-bond donors (Lipinski definition) is 1. The minimum Gasteiger partial charge on any atom is -0.465 e. The van der Waals surface area contributed by atoms with Gasteiger partial charge >= 0.3 is 12.1 Å².